The lowest BCUT2D eigenvalue weighted by molar-refractivity contribution is -0.119. The van der Waals surface area contributed by atoms with Gasteiger partial charge < -0.3 is 16.4 Å². The van der Waals surface area contributed by atoms with Crippen molar-refractivity contribution in [2.75, 3.05) is 18.4 Å². The fourth-order valence-electron chi connectivity index (χ4n) is 1.69. The predicted octanol–water partition coefficient (Wildman–Crippen LogP) is 0.395. The van der Waals surface area contributed by atoms with Crippen molar-refractivity contribution in [2.45, 2.75) is 6.42 Å². The zero-order valence-electron chi connectivity index (χ0n) is 8.66. The number of hydrogen-bond acceptors (Lipinski definition) is 4. The molecule has 1 fully saturated rings. The minimum atomic E-state index is -0.513. The maximum atomic E-state index is 11.8. The number of amides is 2. The lowest BCUT2D eigenvalue weighted by Crippen LogP contribution is -2.25. The molecule has 1 aromatic heterocycles. The van der Waals surface area contributed by atoms with Gasteiger partial charge in [-0.25, -0.2) is 0 Å². The Labute approximate surface area is 97.0 Å². The average molecular weight is 239 g/mol. The Morgan fingerprint density at radius 3 is 3.00 bits per heavy atom. The van der Waals surface area contributed by atoms with Gasteiger partial charge in [-0.15, -0.1) is 11.3 Å². The van der Waals surface area contributed by atoms with Gasteiger partial charge in [0.15, 0.2) is 0 Å². The largest absolute Gasteiger partial charge is 0.366 e. The quantitative estimate of drug-likeness (QED) is 0.713. The zero-order valence-corrected chi connectivity index (χ0v) is 9.47. The van der Waals surface area contributed by atoms with Crippen LogP contribution in [0.4, 0.5) is 5.00 Å². The van der Waals surface area contributed by atoms with Gasteiger partial charge in [-0.1, -0.05) is 0 Å². The molecule has 1 atom stereocenters. The summed E-state index contributed by atoms with van der Waals surface area (Å²) in [5.74, 6) is -0.570. The van der Waals surface area contributed by atoms with Crippen LogP contribution < -0.4 is 16.4 Å². The first-order valence-corrected chi connectivity index (χ1v) is 5.95. The molecule has 0 saturated carbocycles. The molecule has 1 aliphatic heterocycles. The van der Waals surface area contributed by atoms with Gasteiger partial charge >= 0.3 is 0 Å². The molecule has 86 valence electrons. The summed E-state index contributed by atoms with van der Waals surface area (Å²) in [5.41, 5.74) is 5.57. The van der Waals surface area contributed by atoms with Crippen LogP contribution in [0.25, 0.3) is 0 Å². The van der Waals surface area contributed by atoms with Gasteiger partial charge in [-0.05, 0) is 24.4 Å². The van der Waals surface area contributed by atoms with E-state index >= 15 is 0 Å². The summed E-state index contributed by atoms with van der Waals surface area (Å²) in [6.45, 7) is 1.56. The maximum absolute atomic E-state index is 11.8. The fourth-order valence-corrected chi connectivity index (χ4v) is 2.49. The molecule has 1 aliphatic rings. The highest BCUT2D eigenvalue weighted by molar-refractivity contribution is 7.14. The summed E-state index contributed by atoms with van der Waals surface area (Å²) in [7, 11) is 0. The third-order valence-corrected chi connectivity index (χ3v) is 3.43. The van der Waals surface area contributed by atoms with E-state index in [0.29, 0.717) is 17.1 Å². The molecular formula is C10H13N3O2S. The van der Waals surface area contributed by atoms with Crippen molar-refractivity contribution < 1.29 is 9.59 Å². The molecule has 2 rings (SSSR count). The van der Waals surface area contributed by atoms with Gasteiger partial charge in [-0.2, -0.15) is 0 Å². The first-order valence-electron chi connectivity index (χ1n) is 5.07. The van der Waals surface area contributed by atoms with Gasteiger partial charge in [-0.3, -0.25) is 9.59 Å². The van der Waals surface area contributed by atoms with Crippen LogP contribution in [0.1, 0.15) is 16.8 Å². The molecule has 0 aromatic carbocycles. The Balaban J connectivity index is 2.05. The highest BCUT2D eigenvalue weighted by Crippen LogP contribution is 2.23. The second kappa shape index (κ2) is 4.63. The number of nitrogens with one attached hydrogen (secondary N) is 2. The monoisotopic (exact) mass is 239 g/mol. The van der Waals surface area contributed by atoms with Crippen LogP contribution in [0.15, 0.2) is 11.4 Å². The van der Waals surface area contributed by atoms with Crippen molar-refractivity contribution in [1.82, 2.24) is 5.32 Å². The maximum Gasteiger partial charge on any atom is 0.251 e. The van der Waals surface area contributed by atoms with Crippen LogP contribution in [0, 0.1) is 5.92 Å². The summed E-state index contributed by atoms with van der Waals surface area (Å²) in [6, 6.07) is 1.62. The Hall–Kier alpha value is -1.40. The normalized spacial score (nSPS) is 19.6. The molecule has 0 spiro atoms. The van der Waals surface area contributed by atoms with Crippen molar-refractivity contribution in [2.24, 2.45) is 11.7 Å². The highest BCUT2D eigenvalue weighted by Gasteiger charge is 2.23. The Morgan fingerprint density at radius 2 is 2.38 bits per heavy atom. The Morgan fingerprint density at radius 1 is 1.56 bits per heavy atom. The summed E-state index contributed by atoms with van der Waals surface area (Å²) < 4.78 is 0. The van der Waals surface area contributed by atoms with Crippen molar-refractivity contribution >= 4 is 28.2 Å². The second-order valence-electron chi connectivity index (χ2n) is 3.71. The van der Waals surface area contributed by atoms with E-state index in [1.165, 1.54) is 11.3 Å². The van der Waals surface area contributed by atoms with E-state index in [4.69, 9.17) is 5.73 Å². The molecule has 5 nitrogen and oxygen atoms in total. The van der Waals surface area contributed by atoms with Gasteiger partial charge in [0.05, 0.1) is 11.5 Å². The number of hydrogen-bond donors (Lipinski definition) is 3. The number of thiophene rings is 1. The average Bonchev–Trinajstić information content (AvgIpc) is 2.86. The Kier molecular flexibility index (Phi) is 3.21. The fraction of sp³-hybridized carbons (Fsp3) is 0.400. The van der Waals surface area contributed by atoms with E-state index in [0.717, 1.165) is 13.0 Å². The second-order valence-corrected chi connectivity index (χ2v) is 4.62. The molecule has 0 bridgehead atoms. The molecule has 0 radical (unpaired) electrons. The van der Waals surface area contributed by atoms with Crippen molar-refractivity contribution in [1.29, 1.82) is 0 Å². The molecule has 4 N–H and O–H groups in total. The molecule has 1 saturated heterocycles. The highest BCUT2D eigenvalue weighted by atomic mass is 32.1. The molecule has 16 heavy (non-hydrogen) atoms. The van der Waals surface area contributed by atoms with Gasteiger partial charge in [0.25, 0.3) is 5.91 Å². The SMILES string of the molecule is NC(=O)c1ccsc1NC(=O)C1CCNC1. The van der Waals surface area contributed by atoms with E-state index in [1.807, 2.05) is 0 Å². The summed E-state index contributed by atoms with van der Waals surface area (Å²) in [6.07, 6.45) is 0.836. The minimum absolute atomic E-state index is 0.0113. The number of nitrogens with two attached hydrogens (primary N) is 1. The van der Waals surface area contributed by atoms with E-state index < -0.39 is 5.91 Å². The van der Waals surface area contributed by atoms with Crippen LogP contribution >= 0.6 is 11.3 Å². The van der Waals surface area contributed by atoms with Crippen molar-refractivity contribution in [3.05, 3.63) is 17.0 Å². The minimum Gasteiger partial charge on any atom is -0.366 e. The first kappa shape index (κ1) is 11.1. The molecule has 6 heteroatoms. The molecule has 2 heterocycles. The predicted molar refractivity (Wildman–Crippen MR) is 62.4 cm³/mol. The van der Waals surface area contributed by atoms with E-state index in [-0.39, 0.29) is 11.8 Å². The first-order chi connectivity index (χ1) is 7.68. The summed E-state index contributed by atoms with van der Waals surface area (Å²) in [5, 5.41) is 8.16. The number of carbonyl (C=O) groups is 2. The van der Waals surface area contributed by atoms with E-state index in [1.54, 1.807) is 11.4 Å². The zero-order chi connectivity index (χ0) is 11.5. The third-order valence-electron chi connectivity index (χ3n) is 2.60. The Bertz CT molecular complexity index is 410. The number of anilines is 1. The smallest absolute Gasteiger partial charge is 0.251 e. The van der Waals surface area contributed by atoms with E-state index in [9.17, 15) is 9.59 Å². The molecule has 0 aliphatic carbocycles. The molecule has 2 amide bonds. The standard InChI is InChI=1S/C10H13N3O2S/c11-8(14)7-2-4-16-10(7)13-9(15)6-1-3-12-5-6/h2,4,6,12H,1,3,5H2,(H2,11,14)(H,13,15). The molecule has 1 unspecified atom stereocenters. The summed E-state index contributed by atoms with van der Waals surface area (Å²) in [4.78, 5) is 22.8. The molecular weight excluding hydrogens is 226 g/mol. The van der Waals surface area contributed by atoms with Crippen LogP contribution in [-0.2, 0) is 4.79 Å². The molecule has 1 aromatic rings. The number of rotatable bonds is 3. The van der Waals surface area contributed by atoms with Gasteiger partial charge in [0, 0.05) is 6.54 Å². The van der Waals surface area contributed by atoms with Crippen LogP contribution in [0.2, 0.25) is 0 Å². The van der Waals surface area contributed by atoms with Crippen molar-refractivity contribution in [3.8, 4) is 0 Å². The topological polar surface area (TPSA) is 84.2 Å². The number of carbonyl (C=O) groups excluding carboxylic acids is 2. The van der Waals surface area contributed by atoms with Crippen molar-refractivity contribution in [3.63, 3.8) is 0 Å². The lowest BCUT2D eigenvalue weighted by Gasteiger charge is -2.08. The lowest BCUT2D eigenvalue weighted by atomic mass is 10.1. The summed E-state index contributed by atoms with van der Waals surface area (Å²) >= 11 is 1.31. The van der Waals surface area contributed by atoms with Crippen LogP contribution in [0.5, 0.6) is 0 Å². The third kappa shape index (κ3) is 2.23. The number of primary amides is 1. The van der Waals surface area contributed by atoms with Crippen LogP contribution in [0.3, 0.4) is 0 Å². The van der Waals surface area contributed by atoms with Crippen LogP contribution in [-0.4, -0.2) is 24.9 Å². The van der Waals surface area contributed by atoms with E-state index in [2.05, 4.69) is 10.6 Å². The van der Waals surface area contributed by atoms with Gasteiger partial charge in [0.1, 0.15) is 5.00 Å². The van der Waals surface area contributed by atoms with Gasteiger partial charge in [0.2, 0.25) is 5.91 Å².